The van der Waals surface area contributed by atoms with Gasteiger partial charge < -0.3 is 14.8 Å². The summed E-state index contributed by atoms with van der Waals surface area (Å²) in [4.78, 5) is 11.9. The lowest BCUT2D eigenvalue weighted by Gasteiger charge is -2.16. The first-order chi connectivity index (χ1) is 11.0. The molecule has 0 radical (unpaired) electrons. The zero-order valence-electron chi connectivity index (χ0n) is 13.2. The maximum absolute atomic E-state index is 12.5. The highest BCUT2D eigenvalue weighted by Crippen LogP contribution is 2.23. The Kier molecular flexibility index (Phi) is 6.52. The van der Waals surface area contributed by atoms with Gasteiger partial charge in [0.1, 0.15) is 6.61 Å². The number of methoxy groups -OCH3 is 1. The van der Waals surface area contributed by atoms with Crippen molar-refractivity contribution in [2.45, 2.75) is 17.7 Å². The van der Waals surface area contributed by atoms with E-state index in [0.29, 0.717) is 32.0 Å². The number of hydrogen-bond acceptors (Lipinski definition) is 5. The number of ether oxygens (including phenoxy) is 2. The highest BCUT2D eigenvalue weighted by Gasteiger charge is 2.27. The molecule has 1 aromatic rings. The molecule has 0 bridgehead atoms. The minimum Gasteiger partial charge on any atom is -0.382 e. The summed E-state index contributed by atoms with van der Waals surface area (Å²) in [6.45, 7) is 1.73. The van der Waals surface area contributed by atoms with Gasteiger partial charge in [-0.3, -0.25) is 4.79 Å². The molecule has 0 aromatic heterocycles. The number of anilines is 1. The monoisotopic (exact) mass is 342 g/mol. The Balaban J connectivity index is 1.98. The van der Waals surface area contributed by atoms with E-state index in [-0.39, 0.29) is 17.4 Å². The van der Waals surface area contributed by atoms with Gasteiger partial charge in [-0.25, -0.2) is 8.42 Å². The van der Waals surface area contributed by atoms with Crippen LogP contribution in [0.3, 0.4) is 0 Å². The zero-order chi connectivity index (χ0) is 16.7. The predicted molar refractivity (Wildman–Crippen MR) is 85.8 cm³/mol. The van der Waals surface area contributed by atoms with E-state index in [4.69, 9.17) is 9.47 Å². The molecular formula is C15H22N2O5S. The van der Waals surface area contributed by atoms with Gasteiger partial charge in [0.25, 0.3) is 0 Å². The van der Waals surface area contributed by atoms with Crippen molar-refractivity contribution in [1.29, 1.82) is 0 Å². The van der Waals surface area contributed by atoms with Crippen molar-refractivity contribution < 1.29 is 22.7 Å². The Hall–Kier alpha value is -1.48. The standard InChI is InChI=1S/C15H22N2O5S/c1-21-9-10-22-12-15(18)16-13-5-4-6-14(11-13)23(19,20)17-7-2-3-8-17/h4-6,11H,2-3,7-10,12H2,1H3,(H,16,18). The number of sulfonamides is 1. The minimum absolute atomic E-state index is 0.105. The van der Waals surface area contributed by atoms with Gasteiger partial charge in [0, 0.05) is 25.9 Å². The van der Waals surface area contributed by atoms with E-state index < -0.39 is 10.0 Å². The molecule has 1 saturated heterocycles. The van der Waals surface area contributed by atoms with Crippen LogP contribution in [-0.4, -0.2) is 58.7 Å². The molecule has 0 atom stereocenters. The van der Waals surface area contributed by atoms with Gasteiger partial charge in [-0.05, 0) is 31.0 Å². The van der Waals surface area contributed by atoms with Gasteiger partial charge in [0.2, 0.25) is 15.9 Å². The predicted octanol–water partition coefficient (Wildman–Crippen LogP) is 1.07. The molecule has 23 heavy (non-hydrogen) atoms. The topological polar surface area (TPSA) is 84.9 Å². The molecule has 8 heteroatoms. The Morgan fingerprint density at radius 2 is 2.00 bits per heavy atom. The Morgan fingerprint density at radius 3 is 2.70 bits per heavy atom. The first-order valence-electron chi connectivity index (χ1n) is 7.51. The molecule has 2 rings (SSSR count). The van der Waals surface area contributed by atoms with Crippen molar-refractivity contribution in [3.8, 4) is 0 Å². The number of rotatable bonds is 8. The summed E-state index contributed by atoms with van der Waals surface area (Å²) < 4.78 is 36.4. The first kappa shape index (κ1) is 17.9. The lowest BCUT2D eigenvalue weighted by molar-refractivity contribution is -0.121. The molecule has 1 heterocycles. The minimum atomic E-state index is -3.49. The second-order valence-electron chi connectivity index (χ2n) is 5.23. The summed E-state index contributed by atoms with van der Waals surface area (Å²) in [5, 5.41) is 2.63. The third-order valence-corrected chi connectivity index (χ3v) is 5.38. The second kappa shape index (κ2) is 8.39. The van der Waals surface area contributed by atoms with Gasteiger partial charge in [-0.2, -0.15) is 4.31 Å². The number of carbonyl (C=O) groups is 1. The third-order valence-electron chi connectivity index (χ3n) is 3.49. The molecule has 1 aromatic carbocycles. The van der Waals surface area contributed by atoms with Gasteiger partial charge >= 0.3 is 0 Å². The van der Waals surface area contributed by atoms with Gasteiger partial charge in [0.05, 0.1) is 18.1 Å². The first-order valence-corrected chi connectivity index (χ1v) is 8.95. The van der Waals surface area contributed by atoms with Crippen LogP contribution in [0.15, 0.2) is 29.2 Å². The summed E-state index contributed by atoms with van der Waals surface area (Å²) >= 11 is 0. The van der Waals surface area contributed by atoms with Crippen molar-refractivity contribution in [3.05, 3.63) is 24.3 Å². The smallest absolute Gasteiger partial charge is 0.250 e. The van der Waals surface area contributed by atoms with Crippen LogP contribution in [-0.2, 0) is 24.3 Å². The Bertz CT molecular complexity index is 627. The summed E-state index contributed by atoms with van der Waals surface area (Å²) in [6.07, 6.45) is 1.77. The largest absolute Gasteiger partial charge is 0.382 e. The van der Waals surface area contributed by atoms with E-state index in [1.165, 1.54) is 10.4 Å². The van der Waals surface area contributed by atoms with Crippen molar-refractivity contribution in [2.24, 2.45) is 0 Å². The fourth-order valence-electron chi connectivity index (χ4n) is 2.32. The van der Waals surface area contributed by atoms with Crippen LogP contribution in [0.4, 0.5) is 5.69 Å². The average Bonchev–Trinajstić information content (AvgIpc) is 3.07. The fourth-order valence-corrected chi connectivity index (χ4v) is 3.88. The van der Waals surface area contributed by atoms with E-state index in [1.807, 2.05) is 0 Å². The second-order valence-corrected chi connectivity index (χ2v) is 7.17. The lowest BCUT2D eigenvalue weighted by Crippen LogP contribution is -2.28. The maximum Gasteiger partial charge on any atom is 0.250 e. The number of amides is 1. The summed E-state index contributed by atoms with van der Waals surface area (Å²) in [6, 6.07) is 6.28. The summed E-state index contributed by atoms with van der Waals surface area (Å²) in [5.74, 6) is -0.336. The van der Waals surface area contributed by atoms with Crippen LogP contribution in [0.5, 0.6) is 0 Å². The number of nitrogens with one attached hydrogen (secondary N) is 1. The Morgan fingerprint density at radius 1 is 1.26 bits per heavy atom. The van der Waals surface area contributed by atoms with E-state index in [9.17, 15) is 13.2 Å². The van der Waals surface area contributed by atoms with Crippen LogP contribution >= 0.6 is 0 Å². The number of carbonyl (C=O) groups excluding carboxylic acids is 1. The van der Waals surface area contributed by atoms with E-state index in [2.05, 4.69) is 5.32 Å². The molecule has 1 N–H and O–H groups in total. The molecule has 0 spiro atoms. The summed E-state index contributed by atoms with van der Waals surface area (Å²) in [7, 11) is -1.94. The molecule has 0 saturated carbocycles. The van der Waals surface area contributed by atoms with Crippen molar-refractivity contribution in [1.82, 2.24) is 4.31 Å². The normalized spacial score (nSPS) is 15.7. The SMILES string of the molecule is COCCOCC(=O)Nc1cccc(S(=O)(=O)N2CCCC2)c1. The fraction of sp³-hybridized carbons (Fsp3) is 0.533. The van der Waals surface area contributed by atoms with E-state index >= 15 is 0 Å². The molecule has 1 fully saturated rings. The van der Waals surface area contributed by atoms with E-state index in [1.54, 1.807) is 25.3 Å². The van der Waals surface area contributed by atoms with Crippen LogP contribution in [0, 0.1) is 0 Å². The molecule has 0 unspecified atom stereocenters. The molecule has 1 aliphatic rings. The molecular weight excluding hydrogens is 320 g/mol. The van der Waals surface area contributed by atoms with Gasteiger partial charge in [0.15, 0.2) is 0 Å². The third kappa shape index (κ3) is 5.00. The number of hydrogen-bond donors (Lipinski definition) is 1. The molecule has 1 amide bonds. The molecule has 7 nitrogen and oxygen atoms in total. The average molecular weight is 342 g/mol. The van der Waals surface area contributed by atoms with Crippen LogP contribution in [0.2, 0.25) is 0 Å². The number of nitrogens with zero attached hydrogens (tertiary/aromatic N) is 1. The molecule has 0 aliphatic carbocycles. The molecule has 128 valence electrons. The lowest BCUT2D eigenvalue weighted by atomic mass is 10.3. The van der Waals surface area contributed by atoms with Crippen molar-refractivity contribution in [3.63, 3.8) is 0 Å². The highest BCUT2D eigenvalue weighted by molar-refractivity contribution is 7.89. The van der Waals surface area contributed by atoms with Gasteiger partial charge in [-0.1, -0.05) is 6.07 Å². The van der Waals surface area contributed by atoms with Crippen molar-refractivity contribution >= 4 is 21.6 Å². The van der Waals surface area contributed by atoms with Crippen LogP contribution < -0.4 is 5.32 Å². The van der Waals surface area contributed by atoms with E-state index in [0.717, 1.165) is 12.8 Å². The highest BCUT2D eigenvalue weighted by atomic mass is 32.2. The maximum atomic E-state index is 12.5. The van der Waals surface area contributed by atoms with Crippen LogP contribution in [0.1, 0.15) is 12.8 Å². The summed E-state index contributed by atoms with van der Waals surface area (Å²) in [5.41, 5.74) is 0.436. The number of benzene rings is 1. The quantitative estimate of drug-likeness (QED) is 0.715. The van der Waals surface area contributed by atoms with Gasteiger partial charge in [-0.15, -0.1) is 0 Å². The Labute approximate surface area is 136 Å². The molecule has 1 aliphatic heterocycles. The van der Waals surface area contributed by atoms with Crippen molar-refractivity contribution in [2.75, 3.05) is 45.3 Å². The zero-order valence-corrected chi connectivity index (χ0v) is 14.0. The van der Waals surface area contributed by atoms with Crippen LogP contribution in [0.25, 0.3) is 0 Å².